The summed E-state index contributed by atoms with van der Waals surface area (Å²) in [5.74, 6) is 0.0613. The zero-order valence-corrected chi connectivity index (χ0v) is 21.0. The first-order chi connectivity index (χ1) is 19.0. The van der Waals surface area contributed by atoms with E-state index in [4.69, 9.17) is 15.6 Å². The molecule has 1 aromatic carbocycles. The average Bonchev–Trinajstić information content (AvgIpc) is 3.70. The minimum Gasteiger partial charge on any atom is -0.439 e. The molecule has 196 valence electrons. The third-order valence-corrected chi connectivity index (χ3v) is 6.97. The number of halogens is 1. The first kappa shape index (κ1) is 24.5. The van der Waals surface area contributed by atoms with Crippen LogP contribution in [0.25, 0.3) is 22.3 Å². The van der Waals surface area contributed by atoms with Crippen LogP contribution in [0.2, 0.25) is 0 Å². The van der Waals surface area contributed by atoms with Crippen LogP contribution in [0.5, 0.6) is 11.6 Å². The molecule has 39 heavy (non-hydrogen) atoms. The Morgan fingerprint density at radius 2 is 1.97 bits per heavy atom. The van der Waals surface area contributed by atoms with E-state index in [2.05, 4.69) is 21.0 Å². The largest absolute Gasteiger partial charge is 0.439 e. The van der Waals surface area contributed by atoms with Gasteiger partial charge in [0.15, 0.2) is 5.65 Å². The summed E-state index contributed by atoms with van der Waals surface area (Å²) < 4.78 is 22.7. The Hall–Kier alpha value is -4.85. The number of nitriles is 1. The van der Waals surface area contributed by atoms with Crippen molar-refractivity contribution in [3.8, 4) is 29.0 Å². The lowest BCUT2D eigenvalue weighted by Gasteiger charge is -2.32. The molecule has 2 N–H and O–H groups in total. The molecular weight excluding hydrogens is 499 g/mol. The van der Waals surface area contributed by atoms with Gasteiger partial charge in [-0.15, -0.1) is 0 Å². The third-order valence-electron chi connectivity index (χ3n) is 6.97. The number of anilines is 1. The van der Waals surface area contributed by atoms with Crippen LogP contribution < -0.4 is 10.5 Å². The number of para-hydroxylation sites is 1. The number of likely N-dealkylation sites (tertiary alicyclic amines) is 1. The highest BCUT2D eigenvalue weighted by Gasteiger charge is 2.31. The van der Waals surface area contributed by atoms with Gasteiger partial charge in [0, 0.05) is 19.2 Å². The van der Waals surface area contributed by atoms with Gasteiger partial charge in [0.05, 0.1) is 17.0 Å². The second-order valence-electron chi connectivity index (χ2n) is 9.73. The summed E-state index contributed by atoms with van der Waals surface area (Å²) in [6.07, 6.45) is 6.58. The number of nitrogens with zero attached hydrogens (tertiary/aromatic N) is 7. The van der Waals surface area contributed by atoms with Gasteiger partial charge < -0.3 is 15.4 Å². The molecular formula is C28H25FN8O2. The van der Waals surface area contributed by atoms with Crippen LogP contribution in [-0.4, -0.2) is 48.6 Å². The summed E-state index contributed by atoms with van der Waals surface area (Å²) in [5, 5.41) is 14.7. The highest BCUT2D eigenvalue weighted by atomic mass is 19.1. The van der Waals surface area contributed by atoms with Crippen molar-refractivity contribution in [2.24, 2.45) is 5.92 Å². The van der Waals surface area contributed by atoms with E-state index in [1.807, 2.05) is 18.2 Å². The maximum absolute atomic E-state index is 15.3. The van der Waals surface area contributed by atoms with Crippen molar-refractivity contribution >= 4 is 22.8 Å². The van der Waals surface area contributed by atoms with E-state index >= 15 is 4.39 Å². The Morgan fingerprint density at radius 3 is 2.72 bits per heavy atom. The van der Waals surface area contributed by atoms with E-state index in [0.29, 0.717) is 35.8 Å². The maximum Gasteiger partial charge on any atom is 0.264 e. The number of allylic oxidation sites excluding steroid dienone is 1. The second-order valence-corrected chi connectivity index (χ2v) is 9.73. The van der Waals surface area contributed by atoms with E-state index in [0.717, 1.165) is 25.7 Å². The Labute approximate surface area is 223 Å². The summed E-state index contributed by atoms with van der Waals surface area (Å²) in [6.45, 7) is 0.886. The molecule has 1 atom stereocenters. The maximum atomic E-state index is 15.3. The average molecular weight is 525 g/mol. The van der Waals surface area contributed by atoms with Crippen LogP contribution in [0, 0.1) is 23.2 Å². The normalized spacial score (nSPS) is 17.7. The van der Waals surface area contributed by atoms with Gasteiger partial charge in [0.1, 0.15) is 35.2 Å². The van der Waals surface area contributed by atoms with Crippen LogP contribution in [0.15, 0.2) is 60.4 Å². The number of carbonyl (C=O) groups is 1. The number of rotatable bonds is 6. The standard InChI is InChI=1S/C28H25FN8O2/c29-25-21(10-11-22(34-25)39-20-6-2-1-3-7-20)24-23-26(31)32-16-33-27(23)37(35-24)19-5-4-12-36(15-19)28(38)18(14-30)13-17-8-9-17/h1-3,6-7,10-11,13,16-17,19H,4-5,8-9,12,15H2,(H2,31,32,33)/t19-/m1/s1. The number of nitrogen functional groups attached to an aromatic ring is 1. The highest BCUT2D eigenvalue weighted by Crippen LogP contribution is 2.36. The predicted molar refractivity (Wildman–Crippen MR) is 141 cm³/mol. The smallest absolute Gasteiger partial charge is 0.264 e. The van der Waals surface area contributed by atoms with Crippen molar-refractivity contribution < 1.29 is 13.9 Å². The van der Waals surface area contributed by atoms with Gasteiger partial charge in [-0.3, -0.25) is 4.79 Å². The molecule has 2 aliphatic rings. The molecule has 6 rings (SSSR count). The second kappa shape index (κ2) is 10.1. The Bertz CT molecular complexity index is 1620. The van der Waals surface area contributed by atoms with Gasteiger partial charge in [0.2, 0.25) is 11.8 Å². The highest BCUT2D eigenvalue weighted by molar-refractivity contribution is 5.99. The topological polar surface area (TPSA) is 136 Å². The summed E-state index contributed by atoms with van der Waals surface area (Å²) in [6, 6.07) is 13.9. The lowest BCUT2D eigenvalue weighted by molar-refractivity contribution is -0.128. The van der Waals surface area contributed by atoms with Gasteiger partial charge in [-0.2, -0.15) is 19.7 Å². The number of pyridine rings is 1. The molecule has 10 nitrogen and oxygen atoms in total. The molecule has 0 bridgehead atoms. The number of aromatic nitrogens is 5. The molecule has 1 amide bonds. The molecule has 0 radical (unpaired) electrons. The number of amides is 1. The number of benzene rings is 1. The fraction of sp³-hybridized carbons (Fsp3) is 0.286. The van der Waals surface area contributed by atoms with Crippen molar-refractivity contribution in [2.75, 3.05) is 18.8 Å². The fourth-order valence-electron chi connectivity index (χ4n) is 4.86. The van der Waals surface area contributed by atoms with Crippen molar-refractivity contribution in [1.29, 1.82) is 5.26 Å². The molecule has 3 aromatic heterocycles. The van der Waals surface area contributed by atoms with Gasteiger partial charge in [-0.1, -0.05) is 24.3 Å². The third kappa shape index (κ3) is 4.88. The molecule has 1 saturated heterocycles. The molecule has 1 aliphatic heterocycles. The number of ether oxygens (including phenoxy) is 1. The van der Waals surface area contributed by atoms with E-state index in [1.165, 1.54) is 12.4 Å². The zero-order chi connectivity index (χ0) is 26.9. The number of carbonyl (C=O) groups excluding carboxylic acids is 1. The Morgan fingerprint density at radius 1 is 1.15 bits per heavy atom. The summed E-state index contributed by atoms with van der Waals surface area (Å²) in [4.78, 5) is 27.3. The van der Waals surface area contributed by atoms with Gasteiger partial charge in [-0.05, 0) is 49.8 Å². The molecule has 4 heterocycles. The van der Waals surface area contributed by atoms with Crippen molar-refractivity contribution in [2.45, 2.75) is 31.7 Å². The van der Waals surface area contributed by atoms with Crippen molar-refractivity contribution in [3.05, 3.63) is 66.4 Å². The van der Waals surface area contributed by atoms with E-state index in [-0.39, 0.29) is 40.5 Å². The van der Waals surface area contributed by atoms with Crippen LogP contribution in [0.4, 0.5) is 10.2 Å². The van der Waals surface area contributed by atoms with Gasteiger partial charge >= 0.3 is 0 Å². The van der Waals surface area contributed by atoms with Crippen LogP contribution in [0.1, 0.15) is 31.7 Å². The fourth-order valence-corrected chi connectivity index (χ4v) is 4.86. The first-order valence-corrected chi connectivity index (χ1v) is 12.8. The van der Waals surface area contributed by atoms with Crippen molar-refractivity contribution in [3.63, 3.8) is 0 Å². The number of piperidine rings is 1. The molecule has 11 heteroatoms. The quantitative estimate of drug-likeness (QED) is 0.222. The Balaban J connectivity index is 1.33. The molecule has 1 saturated carbocycles. The minimum absolute atomic E-state index is 0.101. The number of nitrogens with two attached hydrogens (primary N) is 1. The van der Waals surface area contributed by atoms with Crippen LogP contribution >= 0.6 is 0 Å². The predicted octanol–water partition coefficient (Wildman–Crippen LogP) is 4.43. The SMILES string of the molecule is N#CC(=CC1CC1)C(=O)N1CCC[C@@H](n2nc(-c3ccc(Oc4ccccc4)nc3F)c3c(N)ncnc32)C1. The summed E-state index contributed by atoms with van der Waals surface area (Å²) in [5.41, 5.74) is 7.23. The number of fused-ring (bicyclic) bond motifs is 1. The summed E-state index contributed by atoms with van der Waals surface area (Å²) in [7, 11) is 0. The molecule has 1 aliphatic carbocycles. The van der Waals surface area contributed by atoms with E-state index in [9.17, 15) is 10.1 Å². The molecule has 2 fully saturated rings. The number of hydrogen-bond donors (Lipinski definition) is 1. The zero-order valence-electron chi connectivity index (χ0n) is 21.0. The first-order valence-electron chi connectivity index (χ1n) is 12.8. The van der Waals surface area contributed by atoms with Crippen LogP contribution in [0.3, 0.4) is 0 Å². The monoisotopic (exact) mass is 524 g/mol. The van der Waals surface area contributed by atoms with E-state index < -0.39 is 5.95 Å². The van der Waals surface area contributed by atoms with Gasteiger partial charge in [-0.25, -0.2) is 14.6 Å². The number of hydrogen-bond acceptors (Lipinski definition) is 8. The summed E-state index contributed by atoms with van der Waals surface area (Å²) >= 11 is 0. The molecule has 0 spiro atoms. The van der Waals surface area contributed by atoms with Crippen molar-refractivity contribution in [1.82, 2.24) is 29.6 Å². The molecule has 4 aromatic rings. The minimum atomic E-state index is -0.775. The molecule has 0 unspecified atom stereocenters. The lowest BCUT2D eigenvalue weighted by Crippen LogP contribution is -2.41. The Kier molecular flexibility index (Phi) is 6.36. The van der Waals surface area contributed by atoms with Crippen LogP contribution in [-0.2, 0) is 4.79 Å². The van der Waals surface area contributed by atoms with E-state index in [1.54, 1.807) is 33.9 Å². The lowest BCUT2D eigenvalue weighted by atomic mass is 10.0. The van der Waals surface area contributed by atoms with Gasteiger partial charge in [0.25, 0.3) is 5.91 Å².